The molecule has 0 atom stereocenters. The molecule has 2 heterocycles. The first-order valence-electron chi connectivity index (χ1n) is 4.34. The van der Waals surface area contributed by atoms with Crippen LogP contribution in [0.15, 0.2) is 29.7 Å². The van der Waals surface area contributed by atoms with Crippen molar-refractivity contribution in [2.45, 2.75) is 6.54 Å². The van der Waals surface area contributed by atoms with E-state index in [0.717, 1.165) is 5.69 Å². The van der Waals surface area contributed by atoms with Gasteiger partial charge in [-0.2, -0.15) is 0 Å². The van der Waals surface area contributed by atoms with E-state index < -0.39 is 0 Å². The van der Waals surface area contributed by atoms with Crippen LogP contribution in [-0.2, 0) is 13.6 Å². The van der Waals surface area contributed by atoms with Gasteiger partial charge in [-0.3, -0.25) is 9.36 Å². The summed E-state index contributed by atoms with van der Waals surface area (Å²) in [6.45, 7) is 0.444. The van der Waals surface area contributed by atoms with Crippen LogP contribution in [0.3, 0.4) is 0 Å². The van der Waals surface area contributed by atoms with Gasteiger partial charge in [0.1, 0.15) is 5.15 Å². The SMILES string of the molecule is Cn1cncc1Cn1cnc(Cl)cc1=O. The lowest BCUT2D eigenvalue weighted by atomic mass is 10.4. The zero-order valence-electron chi connectivity index (χ0n) is 8.09. The van der Waals surface area contributed by atoms with Gasteiger partial charge in [0.2, 0.25) is 0 Å². The topological polar surface area (TPSA) is 52.7 Å². The van der Waals surface area contributed by atoms with Gasteiger partial charge in [-0.15, -0.1) is 0 Å². The Morgan fingerprint density at radius 3 is 2.87 bits per heavy atom. The van der Waals surface area contributed by atoms with Crippen LogP contribution < -0.4 is 5.56 Å². The van der Waals surface area contributed by atoms with Crippen molar-refractivity contribution in [2.75, 3.05) is 0 Å². The summed E-state index contributed by atoms with van der Waals surface area (Å²) in [7, 11) is 1.87. The second-order valence-electron chi connectivity index (χ2n) is 3.17. The van der Waals surface area contributed by atoms with E-state index >= 15 is 0 Å². The predicted molar refractivity (Wildman–Crippen MR) is 55.8 cm³/mol. The molecule has 0 spiro atoms. The fraction of sp³-hybridized carbons (Fsp3) is 0.222. The van der Waals surface area contributed by atoms with E-state index in [0.29, 0.717) is 6.54 Å². The number of nitrogens with zero attached hydrogens (tertiary/aromatic N) is 4. The Morgan fingerprint density at radius 1 is 1.47 bits per heavy atom. The van der Waals surface area contributed by atoms with E-state index in [1.165, 1.54) is 17.0 Å². The summed E-state index contributed by atoms with van der Waals surface area (Å²) in [4.78, 5) is 19.3. The van der Waals surface area contributed by atoms with Crippen molar-refractivity contribution >= 4 is 11.6 Å². The summed E-state index contributed by atoms with van der Waals surface area (Å²) in [6.07, 6.45) is 4.82. The Labute approximate surface area is 91.0 Å². The zero-order valence-corrected chi connectivity index (χ0v) is 8.85. The molecule has 0 aromatic carbocycles. The molecular formula is C9H9ClN4O. The van der Waals surface area contributed by atoms with E-state index in [2.05, 4.69) is 9.97 Å². The number of hydrogen-bond acceptors (Lipinski definition) is 3. The third kappa shape index (κ3) is 2.07. The molecule has 0 unspecified atom stereocenters. The maximum absolute atomic E-state index is 11.5. The number of aromatic nitrogens is 4. The Hall–Kier alpha value is -1.62. The number of halogens is 1. The van der Waals surface area contributed by atoms with E-state index in [1.807, 2.05) is 11.6 Å². The normalized spacial score (nSPS) is 10.5. The average molecular weight is 225 g/mol. The molecule has 0 fully saturated rings. The Kier molecular flexibility index (Phi) is 2.55. The second kappa shape index (κ2) is 3.86. The average Bonchev–Trinajstić information content (AvgIpc) is 2.57. The van der Waals surface area contributed by atoms with Crippen LogP contribution in [0.4, 0.5) is 0 Å². The molecule has 5 nitrogen and oxygen atoms in total. The van der Waals surface area contributed by atoms with Crippen LogP contribution in [0.25, 0.3) is 0 Å². The second-order valence-corrected chi connectivity index (χ2v) is 3.56. The highest BCUT2D eigenvalue weighted by Crippen LogP contribution is 2.00. The molecule has 2 aromatic rings. The molecule has 0 saturated heterocycles. The largest absolute Gasteiger partial charge is 0.336 e. The number of aryl methyl sites for hydroxylation is 1. The van der Waals surface area contributed by atoms with Gasteiger partial charge in [-0.1, -0.05) is 11.6 Å². The minimum absolute atomic E-state index is 0.170. The maximum Gasteiger partial charge on any atom is 0.255 e. The molecule has 15 heavy (non-hydrogen) atoms. The summed E-state index contributed by atoms with van der Waals surface area (Å²) in [5.41, 5.74) is 0.762. The molecule has 0 bridgehead atoms. The number of rotatable bonds is 2. The van der Waals surface area contributed by atoms with Gasteiger partial charge in [-0.25, -0.2) is 9.97 Å². The third-order valence-electron chi connectivity index (χ3n) is 2.09. The monoisotopic (exact) mass is 224 g/mol. The lowest BCUT2D eigenvalue weighted by Gasteiger charge is -2.04. The predicted octanol–water partition coefficient (Wildman–Crippen LogP) is 0.678. The fourth-order valence-electron chi connectivity index (χ4n) is 1.23. The van der Waals surface area contributed by atoms with Crippen LogP contribution in [0.5, 0.6) is 0 Å². The molecule has 0 aliphatic heterocycles. The quantitative estimate of drug-likeness (QED) is 0.705. The van der Waals surface area contributed by atoms with Gasteiger partial charge in [0, 0.05) is 19.3 Å². The summed E-state index contributed by atoms with van der Waals surface area (Å²) in [5, 5.41) is 0.209. The van der Waals surface area contributed by atoms with Crippen molar-refractivity contribution < 1.29 is 0 Å². The Bertz CT molecular complexity index is 531. The van der Waals surface area contributed by atoms with Crippen molar-refractivity contribution in [3.05, 3.63) is 46.1 Å². The third-order valence-corrected chi connectivity index (χ3v) is 2.30. The zero-order chi connectivity index (χ0) is 10.8. The molecule has 0 aliphatic rings. The van der Waals surface area contributed by atoms with Gasteiger partial charge < -0.3 is 4.57 Å². The van der Waals surface area contributed by atoms with E-state index in [4.69, 9.17) is 11.6 Å². The first-order valence-corrected chi connectivity index (χ1v) is 4.72. The van der Waals surface area contributed by atoms with Crippen LogP contribution in [-0.4, -0.2) is 19.1 Å². The first-order chi connectivity index (χ1) is 7.16. The Morgan fingerprint density at radius 2 is 2.27 bits per heavy atom. The highest BCUT2D eigenvalue weighted by Gasteiger charge is 2.02. The van der Waals surface area contributed by atoms with E-state index in [-0.39, 0.29) is 10.7 Å². The summed E-state index contributed by atoms with van der Waals surface area (Å²) < 4.78 is 3.32. The van der Waals surface area contributed by atoms with E-state index in [9.17, 15) is 4.79 Å². The molecular weight excluding hydrogens is 216 g/mol. The standard InChI is InChI=1S/C9H9ClN4O/c1-13-5-11-3-7(13)4-14-6-12-8(10)2-9(14)15/h2-3,5-6H,4H2,1H3. The van der Waals surface area contributed by atoms with Crippen molar-refractivity contribution in [2.24, 2.45) is 7.05 Å². The number of hydrogen-bond donors (Lipinski definition) is 0. The van der Waals surface area contributed by atoms with Gasteiger partial charge in [-0.05, 0) is 0 Å². The molecule has 2 aromatic heterocycles. The molecule has 0 aliphatic carbocycles. The smallest absolute Gasteiger partial charge is 0.255 e. The first kappa shape index (κ1) is 9.92. The van der Waals surface area contributed by atoms with Crippen LogP contribution >= 0.6 is 11.6 Å². The highest BCUT2D eigenvalue weighted by atomic mass is 35.5. The minimum Gasteiger partial charge on any atom is -0.336 e. The van der Waals surface area contributed by atoms with Crippen molar-refractivity contribution in [3.63, 3.8) is 0 Å². The molecule has 0 amide bonds. The van der Waals surface area contributed by atoms with Crippen molar-refractivity contribution in [3.8, 4) is 0 Å². The summed E-state index contributed by atoms with van der Waals surface area (Å²) in [6, 6.07) is 1.29. The van der Waals surface area contributed by atoms with Gasteiger partial charge in [0.25, 0.3) is 5.56 Å². The molecule has 78 valence electrons. The summed E-state index contributed by atoms with van der Waals surface area (Å²) >= 11 is 5.59. The highest BCUT2D eigenvalue weighted by molar-refractivity contribution is 6.29. The molecule has 2 rings (SSSR count). The van der Waals surface area contributed by atoms with E-state index in [1.54, 1.807) is 12.5 Å². The van der Waals surface area contributed by atoms with Gasteiger partial charge in [0.05, 0.1) is 24.9 Å². The summed E-state index contributed by atoms with van der Waals surface area (Å²) in [5.74, 6) is 0. The molecule has 0 N–H and O–H groups in total. The number of imidazole rings is 1. The van der Waals surface area contributed by atoms with Crippen LogP contribution in [0.2, 0.25) is 5.15 Å². The molecule has 6 heteroatoms. The molecule has 0 saturated carbocycles. The fourth-order valence-corrected chi connectivity index (χ4v) is 1.37. The lowest BCUT2D eigenvalue weighted by molar-refractivity contribution is 0.685. The maximum atomic E-state index is 11.5. The van der Waals surface area contributed by atoms with Gasteiger partial charge in [0.15, 0.2) is 0 Å². The Balaban J connectivity index is 2.33. The minimum atomic E-state index is -0.170. The van der Waals surface area contributed by atoms with Crippen LogP contribution in [0, 0.1) is 0 Å². The van der Waals surface area contributed by atoms with Crippen molar-refractivity contribution in [1.29, 1.82) is 0 Å². The van der Waals surface area contributed by atoms with Crippen molar-refractivity contribution in [1.82, 2.24) is 19.1 Å². The molecule has 0 radical (unpaired) electrons. The van der Waals surface area contributed by atoms with Gasteiger partial charge >= 0.3 is 0 Å². The lowest BCUT2D eigenvalue weighted by Crippen LogP contribution is -2.20. The van der Waals surface area contributed by atoms with Crippen LogP contribution in [0.1, 0.15) is 5.69 Å².